The summed E-state index contributed by atoms with van der Waals surface area (Å²) in [7, 11) is 0. The highest BCUT2D eigenvalue weighted by molar-refractivity contribution is 6.10. The zero-order chi connectivity index (χ0) is 22.8. The first-order chi connectivity index (χ1) is 16.8. The van der Waals surface area contributed by atoms with Gasteiger partial charge in [0.25, 0.3) is 0 Å². The van der Waals surface area contributed by atoms with Crippen molar-refractivity contribution >= 4 is 54.6 Å². The van der Waals surface area contributed by atoms with Crippen molar-refractivity contribution in [2.45, 2.75) is 0 Å². The molecule has 0 aliphatic rings. The second-order valence-corrected chi connectivity index (χ2v) is 8.54. The maximum absolute atomic E-state index is 9.69. The summed E-state index contributed by atoms with van der Waals surface area (Å²) in [5.41, 5.74) is 7.39. The molecule has 4 aromatic carbocycles. The van der Waals surface area contributed by atoms with Crippen molar-refractivity contribution in [3.8, 4) is 12.1 Å². The number of rotatable bonds is 0. The summed E-state index contributed by atoms with van der Waals surface area (Å²) in [4.78, 5) is 0. The predicted molar refractivity (Wildman–Crippen MR) is 137 cm³/mol. The third-order valence-electron chi connectivity index (χ3n) is 6.71. The highest BCUT2D eigenvalue weighted by atomic mass is 15.0. The van der Waals surface area contributed by atoms with Gasteiger partial charge in [-0.1, -0.05) is 48.5 Å². The Morgan fingerprint density at radius 2 is 0.882 bits per heavy atom. The molecular weight excluding hydrogens is 416 g/mol. The van der Waals surface area contributed by atoms with E-state index in [0.717, 1.165) is 54.6 Å². The largest absolute Gasteiger partial charge is 0.307 e. The minimum atomic E-state index is 0.610. The lowest BCUT2D eigenvalue weighted by atomic mass is 10.1. The van der Waals surface area contributed by atoms with Crippen LogP contribution in [0, 0.1) is 22.7 Å². The average molecular weight is 432 g/mol. The summed E-state index contributed by atoms with van der Waals surface area (Å²) in [6.07, 6.45) is 0. The number of para-hydroxylation sites is 2. The minimum absolute atomic E-state index is 0.610. The van der Waals surface area contributed by atoms with Crippen LogP contribution in [0.15, 0.2) is 97.1 Å². The number of fused-ring (bicyclic) bond motifs is 12. The molecule has 4 heteroatoms. The van der Waals surface area contributed by atoms with Gasteiger partial charge in [-0.3, -0.25) is 0 Å². The standard InChI is InChI=1S/C30H16N4/c31-17-19-9-11-23-24-12-10-20(18-32)14-28(24)34-26-8-4-2-6-22(26)16-30(34)29-15-21-5-1-3-7-25(21)33(29)27(23)13-19/h1-16H. The maximum Gasteiger partial charge on any atom is 0.0992 e. The minimum Gasteiger partial charge on any atom is -0.307 e. The molecule has 3 heterocycles. The highest BCUT2D eigenvalue weighted by Gasteiger charge is 2.14. The molecular formula is C30H16N4. The van der Waals surface area contributed by atoms with Crippen LogP contribution >= 0.6 is 0 Å². The Kier molecular flexibility index (Phi) is 3.66. The quantitative estimate of drug-likeness (QED) is 0.256. The van der Waals surface area contributed by atoms with Gasteiger partial charge in [0.1, 0.15) is 0 Å². The van der Waals surface area contributed by atoms with E-state index < -0.39 is 0 Å². The van der Waals surface area contributed by atoms with Gasteiger partial charge in [-0.15, -0.1) is 0 Å². The van der Waals surface area contributed by atoms with Crippen molar-refractivity contribution in [2.75, 3.05) is 0 Å². The van der Waals surface area contributed by atoms with Gasteiger partial charge in [-0.05, 0) is 48.5 Å². The second kappa shape index (κ2) is 6.72. The zero-order valence-corrected chi connectivity index (χ0v) is 18.0. The summed E-state index contributed by atoms with van der Waals surface area (Å²) in [6, 6.07) is 37.4. The number of aromatic nitrogens is 2. The first-order valence-electron chi connectivity index (χ1n) is 11.1. The van der Waals surface area contributed by atoms with Crippen molar-refractivity contribution < 1.29 is 0 Å². The van der Waals surface area contributed by atoms with E-state index in [-0.39, 0.29) is 0 Å². The molecule has 0 aliphatic carbocycles. The lowest BCUT2D eigenvalue weighted by Crippen LogP contribution is -1.94. The van der Waals surface area contributed by atoms with Gasteiger partial charge in [0.2, 0.25) is 0 Å². The summed E-state index contributed by atoms with van der Waals surface area (Å²) < 4.78 is 4.52. The van der Waals surface area contributed by atoms with Crippen LogP contribution in [0.1, 0.15) is 11.1 Å². The lowest BCUT2D eigenvalue weighted by molar-refractivity contribution is 1.29. The molecule has 0 saturated carbocycles. The highest BCUT2D eigenvalue weighted by Crippen LogP contribution is 2.34. The Balaban J connectivity index is 1.96. The van der Waals surface area contributed by atoms with Crippen LogP contribution in [0.3, 0.4) is 0 Å². The summed E-state index contributed by atoms with van der Waals surface area (Å²) in [5, 5.41) is 23.7. The molecule has 0 N–H and O–H groups in total. The van der Waals surface area contributed by atoms with Gasteiger partial charge in [0.05, 0.1) is 56.4 Å². The fourth-order valence-corrected chi connectivity index (χ4v) is 5.23. The Morgan fingerprint density at radius 3 is 1.32 bits per heavy atom. The molecule has 0 fully saturated rings. The van der Waals surface area contributed by atoms with Crippen molar-refractivity contribution in [1.29, 1.82) is 10.5 Å². The van der Waals surface area contributed by atoms with Gasteiger partial charge >= 0.3 is 0 Å². The molecule has 0 saturated heterocycles. The molecule has 7 aromatic rings. The number of nitrogens with zero attached hydrogens (tertiary/aromatic N) is 4. The Morgan fingerprint density at radius 1 is 0.441 bits per heavy atom. The number of benzene rings is 4. The Bertz CT molecular complexity index is 1940. The second-order valence-electron chi connectivity index (χ2n) is 8.54. The van der Waals surface area contributed by atoms with Gasteiger partial charge < -0.3 is 8.80 Å². The van der Waals surface area contributed by atoms with E-state index in [1.54, 1.807) is 0 Å². The van der Waals surface area contributed by atoms with Gasteiger partial charge in [-0.25, -0.2) is 0 Å². The van der Waals surface area contributed by atoms with Crippen LogP contribution in [0.4, 0.5) is 0 Å². The number of nitriles is 2. The number of hydrogen-bond acceptors (Lipinski definition) is 2. The molecule has 0 radical (unpaired) electrons. The molecule has 0 atom stereocenters. The van der Waals surface area contributed by atoms with Crippen molar-refractivity contribution in [3.05, 3.63) is 108 Å². The van der Waals surface area contributed by atoms with E-state index >= 15 is 0 Å². The lowest BCUT2D eigenvalue weighted by Gasteiger charge is -2.10. The predicted octanol–water partition coefficient (Wildman–Crippen LogP) is 7.11. The fraction of sp³-hybridized carbons (Fsp3) is 0. The molecule has 4 nitrogen and oxygen atoms in total. The summed E-state index contributed by atoms with van der Waals surface area (Å²) in [5.74, 6) is 0. The molecule has 3 aromatic heterocycles. The summed E-state index contributed by atoms with van der Waals surface area (Å²) >= 11 is 0. The first-order valence-corrected chi connectivity index (χ1v) is 11.1. The van der Waals surface area contributed by atoms with Crippen LogP contribution in [-0.4, -0.2) is 8.80 Å². The monoisotopic (exact) mass is 432 g/mol. The van der Waals surface area contributed by atoms with Crippen LogP contribution < -0.4 is 0 Å². The van der Waals surface area contributed by atoms with E-state index in [1.165, 1.54) is 0 Å². The number of hydrogen-bond donors (Lipinski definition) is 0. The molecule has 0 amide bonds. The van der Waals surface area contributed by atoms with Gasteiger partial charge in [0, 0.05) is 21.5 Å². The van der Waals surface area contributed by atoms with Crippen LogP contribution in [0.5, 0.6) is 0 Å². The fourth-order valence-electron chi connectivity index (χ4n) is 5.23. The molecule has 0 aliphatic heterocycles. The van der Waals surface area contributed by atoms with E-state index in [2.05, 4.69) is 57.3 Å². The maximum atomic E-state index is 9.69. The van der Waals surface area contributed by atoms with E-state index in [0.29, 0.717) is 11.1 Å². The third-order valence-corrected chi connectivity index (χ3v) is 6.71. The van der Waals surface area contributed by atoms with Crippen LogP contribution in [0.25, 0.3) is 54.6 Å². The molecule has 156 valence electrons. The van der Waals surface area contributed by atoms with E-state index in [4.69, 9.17) is 0 Å². The molecule has 0 unspecified atom stereocenters. The van der Waals surface area contributed by atoms with Gasteiger partial charge in [-0.2, -0.15) is 10.5 Å². The topological polar surface area (TPSA) is 56.4 Å². The average Bonchev–Trinajstić information content (AvgIpc) is 3.45. The smallest absolute Gasteiger partial charge is 0.0992 e. The Hall–Kier alpha value is -5.06. The molecule has 0 spiro atoms. The molecule has 7 rings (SSSR count). The zero-order valence-electron chi connectivity index (χ0n) is 18.0. The molecule has 34 heavy (non-hydrogen) atoms. The van der Waals surface area contributed by atoms with Crippen LogP contribution in [0.2, 0.25) is 0 Å². The van der Waals surface area contributed by atoms with E-state index in [1.807, 2.05) is 60.7 Å². The van der Waals surface area contributed by atoms with Crippen molar-refractivity contribution in [3.63, 3.8) is 0 Å². The Labute approximate surface area is 194 Å². The van der Waals surface area contributed by atoms with Crippen LogP contribution in [-0.2, 0) is 0 Å². The van der Waals surface area contributed by atoms with E-state index in [9.17, 15) is 10.5 Å². The van der Waals surface area contributed by atoms with Crippen molar-refractivity contribution in [1.82, 2.24) is 8.80 Å². The van der Waals surface area contributed by atoms with Gasteiger partial charge in [0.15, 0.2) is 0 Å². The molecule has 0 bridgehead atoms. The summed E-state index contributed by atoms with van der Waals surface area (Å²) in [6.45, 7) is 0. The third kappa shape index (κ3) is 2.40. The normalized spacial score (nSPS) is 11.5. The first kappa shape index (κ1) is 18.5. The SMILES string of the molecule is N#Cc1ccc2c3ccc(C#N)cc3n3c4ccccc4cc3c3cc4ccccc4n3c2c1. The van der Waals surface area contributed by atoms with Crippen molar-refractivity contribution in [2.24, 2.45) is 0 Å².